The first-order valence-corrected chi connectivity index (χ1v) is 14.4. The predicted molar refractivity (Wildman–Crippen MR) is 152 cm³/mol. The fourth-order valence-electron chi connectivity index (χ4n) is 4.07. The molecule has 3 rings (SSSR count). The SMILES string of the molecule is CCNC(=O)C(CC)N(Cc1ccccc1C)C(=O)CN(c1ccc(Cl)c(Cl)c1)S(=O)(=O)c1ccccc1. The first kappa shape index (κ1) is 29.5. The molecule has 1 atom stereocenters. The number of nitrogens with one attached hydrogen (secondary N) is 1. The number of sulfonamides is 1. The van der Waals surface area contributed by atoms with E-state index in [1.54, 1.807) is 25.1 Å². The van der Waals surface area contributed by atoms with Gasteiger partial charge in [0.25, 0.3) is 10.0 Å². The Morgan fingerprint density at radius 2 is 1.58 bits per heavy atom. The number of hydrogen-bond acceptors (Lipinski definition) is 4. The molecule has 0 spiro atoms. The van der Waals surface area contributed by atoms with Gasteiger partial charge in [0, 0.05) is 13.1 Å². The van der Waals surface area contributed by atoms with Gasteiger partial charge in [-0.3, -0.25) is 13.9 Å². The van der Waals surface area contributed by atoms with Crippen LogP contribution in [0.25, 0.3) is 0 Å². The van der Waals surface area contributed by atoms with Crippen molar-refractivity contribution in [2.24, 2.45) is 0 Å². The maximum absolute atomic E-state index is 14.0. The van der Waals surface area contributed by atoms with E-state index in [4.69, 9.17) is 23.2 Å². The van der Waals surface area contributed by atoms with E-state index < -0.39 is 28.5 Å². The van der Waals surface area contributed by atoms with Crippen LogP contribution in [0, 0.1) is 6.92 Å². The Morgan fingerprint density at radius 1 is 0.921 bits per heavy atom. The van der Waals surface area contributed by atoms with Gasteiger partial charge in [0.2, 0.25) is 11.8 Å². The van der Waals surface area contributed by atoms with Gasteiger partial charge < -0.3 is 10.2 Å². The fraction of sp³-hybridized carbons (Fsp3) is 0.286. The molecule has 0 saturated heterocycles. The third-order valence-electron chi connectivity index (χ3n) is 6.14. The molecule has 0 aliphatic rings. The Balaban J connectivity index is 2.08. The number of carbonyl (C=O) groups is 2. The van der Waals surface area contributed by atoms with Crippen molar-refractivity contribution >= 4 is 50.7 Å². The van der Waals surface area contributed by atoms with Gasteiger partial charge in [-0.05, 0) is 61.7 Å². The van der Waals surface area contributed by atoms with E-state index in [0.717, 1.165) is 15.4 Å². The van der Waals surface area contributed by atoms with Crippen LogP contribution >= 0.6 is 23.2 Å². The second-order valence-electron chi connectivity index (χ2n) is 8.69. The van der Waals surface area contributed by atoms with Crippen LogP contribution < -0.4 is 9.62 Å². The topological polar surface area (TPSA) is 86.8 Å². The summed E-state index contributed by atoms with van der Waals surface area (Å²) in [6, 6.07) is 19.0. The number of rotatable bonds is 11. The molecule has 10 heteroatoms. The summed E-state index contributed by atoms with van der Waals surface area (Å²) < 4.78 is 28.6. The molecule has 1 unspecified atom stereocenters. The second-order valence-corrected chi connectivity index (χ2v) is 11.4. The Bertz CT molecular complexity index is 1380. The standard InChI is InChI=1S/C28H31Cl2N3O4S/c1-4-26(28(35)31-5-2)32(18-21-12-10-9-11-20(21)3)27(34)19-33(22-15-16-24(29)25(30)17-22)38(36,37)23-13-7-6-8-14-23/h6-17,26H,4-5,18-19H2,1-3H3,(H,31,35). The largest absolute Gasteiger partial charge is 0.355 e. The van der Waals surface area contributed by atoms with Crippen LogP contribution in [-0.4, -0.2) is 44.3 Å². The average molecular weight is 577 g/mol. The summed E-state index contributed by atoms with van der Waals surface area (Å²) in [5.74, 6) is -0.833. The molecular formula is C28H31Cl2N3O4S. The molecule has 3 aromatic rings. The van der Waals surface area contributed by atoms with Crippen molar-refractivity contribution in [3.8, 4) is 0 Å². The van der Waals surface area contributed by atoms with Gasteiger partial charge in [0.05, 0.1) is 20.6 Å². The molecule has 0 fully saturated rings. The van der Waals surface area contributed by atoms with Gasteiger partial charge >= 0.3 is 0 Å². The molecule has 202 valence electrons. The molecule has 2 amide bonds. The van der Waals surface area contributed by atoms with E-state index in [9.17, 15) is 18.0 Å². The zero-order valence-corrected chi connectivity index (χ0v) is 23.9. The Hall–Kier alpha value is -3.07. The normalized spacial score (nSPS) is 12.0. The Kier molecular flexibility index (Phi) is 10.2. The third-order valence-corrected chi connectivity index (χ3v) is 8.67. The summed E-state index contributed by atoms with van der Waals surface area (Å²) in [6.07, 6.45) is 0.349. The molecule has 0 heterocycles. The van der Waals surface area contributed by atoms with Crippen LogP contribution in [0.15, 0.2) is 77.7 Å². The van der Waals surface area contributed by atoms with Crippen LogP contribution in [0.1, 0.15) is 31.4 Å². The predicted octanol–water partition coefficient (Wildman–Crippen LogP) is 5.44. The number of benzene rings is 3. The number of aryl methyl sites for hydroxylation is 1. The van der Waals surface area contributed by atoms with Crippen molar-refractivity contribution in [3.05, 3.63) is 94.0 Å². The van der Waals surface area contributed by atoms with Crippen LogP contribution in [-0.2, 0) is 26.2 Å². The molecule has 3 aromatic carbocycles. The molecule has 38 heavy (non-hydrogen) atoms. The molecule has 7 nitrogen and oxygen atoms in total. The van der Waals surface area contributed by atoms with E-state index >= 15 is 0 Å². The van der Waals surface area contributed by atoms with Crippen LogP contribution in [0.2, 0.25) is 10.0 Å². The van der Waals surface area contributed by atoms with E-state index in [0.29, 0.717) is 13.0 Å². The van der Waals surface area contributed by atoms with Gasteiger partial charge in [-0.25, -0.2) is 8.42 Å². The highest BCUT2D eigenvalue weighted by molar-refractivity contribution is 7.92. The van der Waals surface area contributed by atoms with Gasteiger partial charge in [-0.1, -0.05) is 72.6 Å². The van der Waals surface area contributed by atoms with Crippen LogP contribution in [0.3, 0.4) is 0 Å². The molecule has 0 aromatic heterocycles. The number of amides is 2. The van der Waals surface area contributed by atoms with Gasteiger partial charge in [-0.15, -0.1) is 0 Å². The summed E-state index contributed by atoms with van der Waals surface area (Å²) in [4.78, 5) is 28.4. The minimum absolute atomic E-state index is 0.0140. The highest BCUT2D eigenvalue weighted by Gasteiger charge is 2.33. The number of nitrogens with zero attached hydrogens (tertiary/aromatic N) is 2. The monoisotopic (exact) mass is 575 g/mol. The molecule has 0 saturated carbocycles. The van der Waals surface area contributed by atoms with Gasteiger partial charge in [0.1, 0.15) is 12.6 Å². The molecule has 0 aliphatic heterocycles. The van der Waals surface area contributed by atoms with Crippen molar-refractivity contribution in [3.63, 3.8) is 0 Å². The van der Waals surface area contributed by atoms with E-state index in [-0.39, 0.29) is 33.1 Å². The minimum atomic E-state index is -4.17. The average Bonchev–Trinajstić information content (AvgIpc) is 2.90. The Morgan fingerprint density at radius 3 is 2.18 bits per heavy atom. The number of hydrogen-bond donors (Lipinski definition) is 1. The summed E-state index contributed by atoms with van der Waals surface area (Å²) in [6.45, 7) is 5.54. The summed E-state index contributed by atoms with van der Waals surface area (Å²) in [5.41, 5.74) is 1.99. The third kappa shape index (κ3) is 6.87. The molecule has 0 bridgehead atoms. The van der Waals surface area contributed by atoms with E-state index in [1.807, 2.05) is 38.1 Å². The van der Waals surface area contributed by atoms with Crippen molar-refractivity contribution in [1.82, 2.24) is 10.2 Å². The lowest BCUT2D eigenvalue weighted by atomic mass is 10.1. The number of anilines is 1. The van der Waals surface area contributed by atoms with Crippen LogP contribution in [0.5, 0.6) is 0 Å². The summed E-state index contributed by atoms with van der Waals surface area (Å²) in [5, 5.41) is 3.19. The summed E-state index contributed by atoms with van der Waals surface area (Å²) in [7, 11) is -4.17. The zero-order chi connectivity index (χ0) is 27.9. The van der Waals surface area contributed by atoms with Crippen molar-refractivity contribution < 1.29 is 18.0 Å². The Labute approximate surface area is 234 Å². The van der Waals surface area contributed by atoms with Crippen molar-refractivity contribution in [2.45, 2.75) is 44.7 Å². The number of likely N-dealkylation sites (N-methyl/N-ethyl adjacent to an activating group) is 1. The van der Waals surface area contributed by atoms with Crippen molar-refractivity contribution in [2.75, 3.05) is 17.4 Å². The lowest BCUT2D eigenvalue weighted by molar-refractivity contribution is -0.140. The summed E-state index contributed by atoms with van der Waals surface area (Å²) >= 11 is 12.3. The first-order chi connectivity index (χ1) is 18.1. The maximum atomic E-state index is 14.0. The quantitative estimate of drug-likeness (QED) is 0.330. The molecule has 1 N–H and O–H groups in total. The van der Waals surface area contributed by atoms with Crippen LogP contribution in [0.4, 0.5) is 5.69 Å². The van der Waals surface area contributed by atoms with E-state index in [2.05, 4.69) is 5.32 Å². The maximum Gasteiger partial charge on any atom is 0.264 e. The van der Waals surface area contributed by atoms with Gasteiger partial charge in [0.15, 0.2) is 0 Å². The lowest BCUT2D eigenvalue weighted by Gasteiger charge is -2.33. The first-order valence-electron chi connectivity index (χ1n) is 12.2. The second kappa shape index (κ2) is 13.1. The molecule has 0 radical (unpaired) electrons. The molecular weight excluding hydrogens is 545 g/mol. The zero-order valence-electron chi connectivity index (χ0n) is 21.5. The smallest absolute Gasteiger partial charge is 0.264 e. The number of halogens is 2. The minimum Gasteiger partial charge on any atom is -0.355 e. The fourth-order valence-corrected chi connectivity index (χ4v) is 5.79. The highest BCUT2D eigenvalue weighted by atomic mass is 35.5. The van der Waals surface area contributed by atoms with Crippen molar-refractivity contribution in [1.29, 1.82) is 0 Å². The van der Waals surface area contributed by atoms with E-state index in [1.165, 1.54) is 35.2 Å². The number of carbonyl (C=O) groups excluding carboxylic acids is 2. The highest BCUT2D eigenvalue weighted by Crippen LogP contribution is 2.31. The lowest BCUT2D eigenvalue weighted by Crippen LogP contribution is -2.52. The molecule has 0 aliphatic carbocycles. The van der Waals surface area contributed by atoms with Gasteiger partial charge in [-0.2, -0.15) is 0 Å².